The van der Waals surface area contributed by atoms with E-state index >= 15 is 0 Å². The predicted octanol–water partition coefficient (Wildman–Crippen LogP) is 2.01. The second-order valence-corrected chi connectivity index (χ2v) is 6.83. The quantitative estimate of drug-likeness (QED) is 0.871. The molecule has 1 aromatic carbocycles. The smallest absolute Gasteiger partial charge is 0.242 e. The van der Waals surface area contributed by atoms with Crippen LogP contribution in [0.5, 0.6) is 5.75 Å². The number of carbonyl (C=O) groups is 2. The minimum absolute atomic E-state index is 0.111. The second kappa shape index (κ2) is 6.98. The van der Waals surface area contributed by atoms with Gasteiger partial charge >= 0.3 is 0 Å². The first-order valence-corrected chi connectivity index (χ1v) is 7.74. The van der Waals surface area contributed by atoms with Crippen LogP contribution >= 0.6 is 0 Å². The Morgan fingerprint density at radius 1 is 1.43 bits per heavy atom. The van der Waals surface area contributed by atoms with Gasteiger partial charge in [-0.3, -0.25) is 9.59 Å². The molecule has 2 rings (SSSR count). The molecule has 1 aromatic rings. The first-order valence-electron chi connectivity index (χ1n) is 7.74. The molecule has 0 unspecified atom stereocenters. The number of hydrogen-bond donors (Lipinski definition) is 2. The topological polar surface area (TPSA) is 67.4 Å². The van der Waals surface area contributed by atoms with E-state index in [1.807, 2.05) is 20.8 Å². The molecular formula is C17H23FN2O3. The lowest BCUT2D eigenvalue weighted by atomic mass is 9.87. The summed E-state index contributed by atoms with van der Waals surface area (Å²) in [7, 11) is 0. The average molecular weight is 322 g/mol. The van der Waals surface area contributed by atoms with E-state index in [-0.39, 0.29) is 35.6 Å². The van der Waals surface area contributed by atoms with Gasteiger partial charge in [-0.1, -0.05) is 32.9 Å². The summed E-state index contributed by atoms with van der Waals surface area (Å²) in [5, 5.41) is 5.55. The molecule has 0 radical (unpaired) electrons. The van der Waals surface area contributed by atoms with Crippen LogP contribution in [0.3, 0.4) is 0 Å². The first-order chi connectivity index (χ1) is 10.8. The highest BCUT2D eigenvalue weighted by Gasteiger charge is 2.32. The van der Waals surface area contributed by atoms with Crippen molar-refractivity contribution in [2.75, 3.05) is 6.61 Å². The molecular weight excluding hydrogens is 299 g/mol. The summed E-state index contributed by atoms with van der Waals surface area (Å²) in [5.74, 6) is -0.618. The third kappa shape index (κ3) is 4.68. The number of nitrogens with one attached hydrogen (secondary N) is 2. The molecule has 0 saturated carbocycles. The number of halogens is 1. The van der Waals surface area contributed by atoms with Gasteiger partial charge in [0.15, 0.2) is 11.6 Å². The Labute approximate surface area is 135 Å². The normalized spacial score (nSPS) is 19.1. The highest BCUT2D eigenvalue weighted by Crippen LogP contribution is 2.22. The van der Waals surface area contributed by atoms with Crippen LogP contribution in [0, 0.1) is 11.2 Å². The van der Waals surface area contributed by atoms with Crippen LogP contribution < -0.4 is 15.4 Å². The van der Waals surface area contributed by atoms with Gasteiger partial charge in [-0.15, -0.1) is 0 Å². The van der Waals surface area contributed by atoms with Crippen molar-refractivity contribution in [2.45, 2.75) is 45.7 Å². The van der Waals surface area contributed by atoms with E-state index in [0.29, 0.717) is 12.8 Å². The first kappa shape index (κ1) is 17.2. The highest BCUT2D eigenvalue weighted by molar-refractivity contribution is 5.90. The Kier molecular flexibility index (Phi) is 5.23. The fraction of sp³-hybridized carbons (Fsp3) is 0.529. The summed E-state index contributed by atoms with van der Waals surface area (Å²) in [6.45, 7) is 6.05. The van der Waals surface area contributed by atoms with Crippen molar-refractivity contribution in [2.24, 2.45) is 5.41 Å². The molecule has 0 bridgehead atoms. The molecule has 2 amide bonds. The third-order valence-electron chi connectivity index (χ3n) is 3.92. The van der Waals surface area contributed by atoms with E-state index in [1.54, 1.807) is 18.2 Å². The number of para-hydroxylation sites is 1. The van der Waals surface area contributed by atoms with Crippen molar-refractivity contribution in [1.29, 1.82) is 0 Å². The Bertz CT molecular complexity index is 583. The van der Waals surface area contributed by atoms with Crippen molar-refractivity contribution < 1.29 is 18.7 Å². The molecule has 0 aliphatic carbocycles. The van der Waals surface area contributed by atoms with E-state index < -0.39 is 11.9 Å². The van der Waals surface area contributed by atoms with Gasteiger partial charge in [-0.05, 0) is 24.0 Å². The molecule has 23 heavy (non-hydrogen) atoms. The van der Waals surface area contributed by atoms with Gasteiger partial charge < -0.3 is 15.4 Å². The van der Waals surface area contributed by atoms with E-state index in [0.717, 1.165) is 0 Å². The number of ether oxygens (including phenoxy) is 1. The largest absolute Gasteiger partial charge is 0.488 e. The van der Waals surface area contributed by atoms with Gasteiger partial charge in [0, 0.05) is 6.42 Å². The number of hydrogen-bond acceptors (Lipinski definition) is 3. The molecule has 1 aliphatic rings. The van der Waals surface area contributed by atoms with Gasteiger partial charge in [0.25, 0.3) is 0 Å². The summed E-state index contributed by atoms with van der Waals surface area (Å²) in [5.41, 5.74) is -0.274. The predicted molar refractivity (Wildman–Crippen MR) is 84.4 cm³/mol. The fourth-order valence-electron chi connectivity index (χ4n) is 2.33. The Morgan fingerprint density at radius 3 is 2.70 bits per heavy atom. The number of benzene rings is 1. The van der Waals surface area contributed by atoms with Crippen molar-refractivity contribution in [3.05, 3.63) is 30.1 Å². The Morgan fingerprint density at radius 2 is 2.13 bits per heavy atom. The SMILES string of the molecule is CC(C)(C)[C@H](COc1ccccc1F)NC(=O)[C@@H]1CCC(=O)N1. The van der Waals surface area contributed by atoms with Gasteiger partial charge in [-0.25, -0.2) is 4.39 Å². The Hall–Kier alpha value is -2.11. The minimum Gasteiger partial charge on any atom is -0.488 e. The lowest BCUT2D eigenvalue weighted by Crippen LogP contribution is -2.52. The zero-order chi connectivity index (χ0) is 17.0. The summed E-state index contributed by atoms with van der Waals surface area (Å²) >= 11 is 0. The van der Waals surface area contributed by atoms with Gasteiger partial charge in [-0.2, -0.15) is 0 Å². The van der Waals surface area contributed by atoms with E-state index in [1.165, 1.54) is 6.07 Å². The van der Waals surface area contributed by atoms with Crippen LogP contribution in [0.1, 0.15) is 33.6 Å². The molecule has 0 aromatic heterocycles. The maximum atomic E-state index is 13.6. The van der Waals surface area contributed by atoms with Crippen LogP contribution in [-0.2, 0) is 9.59 Å². The average Bonchev–Trinajstić information content (AvgIpc) is 2.90. The summed E-state index contributed by atoms with van der Waals surface area (Å²) in [6, 6.07) is 5.35. The Balaban J connectivity index is 1.99. The van der Waals surface area contributed by atoms with Gasteiger partial charge in [0.1, 0.15) is 12.6 Å². The van der Waals surface area contributed by atoms with Crippen LogP contribution in [0.2, 0.25) is 0 Å². The van der Waals surface area contributed by atoms with E-state index in [4.69, 9.17) is 4.74 Å². The number of carbonyl (C=O) groups excluding carboxylic acids is 2. The lowest BCUT2D eigenvalue weighted by molar-refractivity contribution is -0.127. The van der Waals surface area contributed by atoms with Crippen molar-refractivity contribution in [3.8, 4) is 5.75 Å². The molecule has 1 aliphatic heterocycles. The maximum absolute atomic E-state index is 13.6. The van der Waals surface area contributed by atoms with Crippen molar-refractivity contribution in [3.63, 3.8) is 0 Å². The van der Waals surface area contributed by atoms with Crippen LogP contribution in [0.4, 0.5) is 4.39 Å². The van der Waals surface area contributed by atoms with E-state index in [2.05, 4.69) is 10.6 Å². The summed E-state index contributed by atoms with van der Waals surface area (Å²) < 4.78 is 19.2. The van der Waals surface area contributed by atoms with Crippen LogP contribution in [-0.4, -0.2) is 30.5 Å². The second-order valence-electron chi connectivity index (χ2n) is 6.83. The monoisotopic (exact) mass is 322 g/mol. The fourth-order valence-corrected chi connectivity index (χ4v) is 2.33. The summed E-state index contributed by atoms with van der Waals surface area (Å²) in [4.78, 5) is 23.5. The molecule has 2 N–H and O–H groups in total. The standard InChI is InChI=1S/C17H23FN2O3/c1-17(2,3)14(10-23-13-7-5-4-6-11(13)18)20-16(22)12-8-9-15(21)19-12/h4-7,12,14H,8-10H2,1-3H3,(H,19,21)(H,20,22)/t12-,14-/m0/s1. The molecule has 6 heteroatoms. The number of amides is 2. The molecule has 0 spiro atoms. The molecule has 126 valence electrons. The third-order valence-corrected chi connectivity index (χ3v) is 3.92. The number of rotatable bonds is 5. The van der Waals surface area contributed by atoms with E-state index in [9.17, 15) is 14.0 Å². The van der Waals surface area contributed by atoms with Crippen molar-refractivity contribution in [1.82, 2.24) is 10.6 Å². The maximum Gasteiger partial charge on any atom is 0.242 e. The molecule has 1 fully saturated rings. The molecule has 5 nitrogen and oxygen atoms in total. The van der Waals surface area contributed by atoms with Gasteiger partial charge in [0.2, 0.25) is 11.8 Å². The zero-order valence-electron chi connectivity index (χ0n) is 13.7. The van der Waals surface area contributed by atoms with Crippen LogP contribution in [0.15, 0.2) is 24.3 Å². The van der Waals surface area contributed by atoms with Gasteiger partial charge in [0.05, 0.1) is 6.04 Å². The molecule has 2 atom stereocenters. The summed E-state index contributed by atoms with van der Waals surface area (Å²) in [6.07, 6.45) is 0.861. The molecule has 1 saturated heterocycles. The lowest BCUT2D eigenvalue weighted by Gasteiger charge is -2.32. The van der Waals surface area contributed by atoms with Crippen LogP contribution in [0.25, 0.3) is 0 Å². The highest BCUT2D eigenvalue weighted by atomic mass is 19.1. The minimum atomic E-state index is -0.499. The zero-order valence-corrected chi connectivity index (χ0v) is 13.7. The van der Waals surface area contributed by atoms with Crippen molar-refractivity contribution >= 4 is 11.8 Å². The molecule has 1 heterocycles.